The van der Waals surface area contributed by atoms with Gasteiger partial charge in [-0.2, -0.15) is 0 Å². The number of carboxylic acid groups (broad SMARTS) is 1. The number of hydrogen-bond acceptors (Lipinski definition) is 3. The molecule has 0 aliphatic carbocycles. The largest absolute Gasteiger partial charge is 0.478 e. The minimum atomic E-state index is -1.02. The van der Waals surface area contributed by atoms with E-state index < -0.39 is 5.97 Å². The van der Waals surface area contributed by atoms with Crippen LogP contribution in [0.5, 0.6) is 0 Å². The van der Waals surface area contributed by atoms with Crippen molar-refractivity contribution in [3.05, 3.63) is 23.2 Å². The van der Waals surface area contributed by atoms with E-state index >= 15 is 0 Å². The predicted molar refractivity (Wildman–Crippen MR) is 66.4 cm³/mol. The van der Waals surface area contributed by atoms with Gasteiger partial charge in [-0.25, -0.2) is 4.79 Å². The summed E-state index contributed by atoms with van der Waals surface area (Å²) >= 11 is 0. The molecule has 2 N–H and O–H groups in total. The van der Waals surface area contributed by atoms with Gasteiger partial charge in [0.15, 0.2) is 0 Å². The number of unbranched alkanes of at least 4 members (excludes halogenated alkanes) is 2. The highest BCUT2D eigenvalue weighted by molar-refractivity contribution is 5.88. The Balaban J connectivity index is 2.41. The summed E-state index contributed by atoms with van der Waals surface area (Å²) in [6.07, 6.45) is 3.49. The van der Waals surface area contributed by atoms with E-state index in [1.807, 2.05) is 0 Å². The maximum Gasteiger partial charge on any atom is 0.339 e. The molecule has 5 heteroatoms. The Morgan fingerprint density at radius 2 is 2.11 bits per heavy atom. The van der Waals surface area contributed by atoms with Crippen LogP contribution in [0.15, 0.2) is 10.5 Å². The molecule has 1 heterocycles. The molecule has 1 aromatic heterocycles. The molecule has 0 saturated heterocycles. The second-order valence-corrected chi connectivity index (χ2v) is 4.22. The second kappa shape index (κ2) is 6.83. The third-order valence-corrected chi connectivity index (χ3v) is 2.67. The molecule has 0 aliphatic heterocycles. The number of hydrogen-bond donors (Lipinski definition) is 2. The molecule has 0 aliphatic rings. The monoisotopic (exact) mass is 253 g/mol. The molecule has 0 unspecified atom stereocenters. The normalized spacial score (nSPS) is 10.3. The molecule has 100 valence electrons. The average Bonchev–Trinajstić information content (AvgIpc) is 2.68. The maximum absolute atomic E-state index is 11.4. The van der Waals surface area contributed by atoms with Crippen LogP contribution in [-0.4, -0.2) is 17.0 Å². The van der Waals surface area contributed by atoms with Crippen molar-refractivity contribution in [1.82, 2.24) is 5.32 Å². The van der Waals surface area contributed by atoms with Crippen molar-refractivity contribution < 1.29 is 19.1 Å². The fourth-order valence-corrected chi connectivity index (χ4v) is 1.65. The van der Waals surface area contributed by atoms with E-state index in [-0.39, 0.29) is 18.0 Å². The van der Waals surface area contributed by atoms with Gasteiger partial charge in [-0.3, -0.25) is 4.79 Å². The lowest BCUT2D eigenvalue weighted by atomic mass is 10.2. The molecule has 1 rings (SSSR count). The highest BCUT2D eigenvalue weighted by atomic mass is 16.4. The van der Waals surface area contributed by atoms with Gasteiger partial charge < -0.3 is 14.8 Å². The van der Waals surface area contributed by atoms with Crippen LogP contribution in [0.2, 0.25) is 0 Å². The van der Waals surface area contributed by atoms with Crippen LogP contribution in [0.4, 0.5) is 0 Å². The van der Waals surface area contributed by atoms with Crippen molar-refractivity contribution in [2.45, 2.75) is 46.1 Å². The standard InChI is InChI=1S/C13H19NO4/c1-3-4-5-6-12(15)14-8-10-7-11(13(16)17)9(2)18-10/h7H,3-6,8H2,1-2H3,(H,14,15)(H,16,17). The number of amides is 1. The molecule has 18 heavy (non-hydrogen) atoms. The minimum Gasteiger partial charge on any atom is -0.478 e. The van der Waals surface area contributed by atoms with E-state index in [9.17, 15) is 9.59 Å². The van der Waals surface area contributed by atoms with Gasteiger partial charge in [0.05, 0.1) is 6.54 Å². The van der Waals surface area contributed by atoms with Crippen LogP contribution in [0.3, 0.4) is 0 Å². The topological polar surface area (TPSA) is 79.5 Å². The van der Waals surface area contributed by atoms with Crippen LogP contribution in [-0.2, 0) is 11.3 Å². The SMILES string of the molecule is CCCCCC(=O)NCc1cc(C(=O)O)c(C)o1. The van der Waals surface area contributed by atoms with E-state index in [1.165, 1.54) is 6.07 Å². The van der Waals surface area contributed by atoms with E-state index in [2.05, 4.69) is 12.2 Å². The molecule has 0 aromatic carbocycles. The van der Waals surface area contributed by atoms with E-state index in [1.54, 1.807) is 6.92 Å². The van der Waals surface area contributed by atoms with Gasteiger partial charge >= 0.3 is 5.97 Å². The molecule has 0 fully saturated rings. The minimum absolute atomic E-state index is 0.0330. The van der Waals surface area contributed by atoms with Crippen molar-refractivity contribution >= 4 is 11.9 Å². The zero-order chi connectivity index (χ0) is 13.5. The lowest BCUT2D eigenvalue weighted by Gasteiger charge is -2.02. The van der Waals surface area contributed by atoms with E-state index in [4.69, 9.17) is 9.52 Å². The number of carboxylic acids is 1. The smallest absolute Gasteiger partial charge is 0.339 e. The lowest BCUT2D eigenvalue weighted by Crippen LogP contribution is -2.22. The van der Waals surface area contributed by atoms with Crippen molar-refractivity contribution in [2.24, 2.45) is 0 Å². The number of furan rings is 1. The third kappa shape index (κ3) is 4.24. The third-order valence-electron chi connectivity index (χ3n) is 2.67. The van der Waals surface area contributed by atoms with E-state index in [0.29, 0.717) is 17.9 Å². The Bertz CT molecular complexity index is 423. The number of aromatic carboxylic acids is 1. The van der Waals surface area contributed by atoms with Gasteiger partial charge in [-0.1, -0.05) is 19.8 Å². The summed E-state index contributed by atoms with van der Waals surface area (Å²) in [4.78, 5) is 22.2. The summed E-state index contributed by atoms with van der Waals surface area (Å²) < 4.78 is 5.26. The number of rotatable bonds is 7. The van der Waals surface area contributed by atoms with Crippen molar-refractivity contribution in [3.8, 4) is 0 Å². The Morgan fingerprint density at radius 1 is 1.39 bits per heavy atom. The Labute approximate surface area is 106 Å². The quantitative estimate of drug-likeness (QED) is 0.731. The molecule has 0 saturated carbocycles. The fraction of sp³-hybridized carbons (Fsp3) is 0.538. The number of carbonyl (C=O) groups is 2. The second-order valence-electron chi connectivity index (χ2n) is 4.22. The number of aryl methyl sites for hydroxylation is 1. The van der Waals surface area contributed by atoms with Gasteiger partial charge in [-0.05, 0) is 19.4 Å². The number of carbonyl (C=O) groups excluding carboxylic acids is 1. The van der Waals surface area contributed by atoms with Crippen LogP contribution < -0.4 is 5.32 Å². The first kappa shape index (κ1) is 14.3. The summed E-state index contributed by atoms with van der Waals surface area (Å²) in [6.45, 7) is 3.91. The summed E-state index contributed by atoms with van der Waals surface area (Å²) in [6, 6.07) is 1.45. The van der Waals surface area contributed by atoms with Gasteiger partial charge in [0.25, 0.3) is 0 Å². The summed E-state index contributed by atoms with van der Waals surface area (Å²) in [5, 5.41) is 11.6. The van der Waals surface area contributed by atoms with Crippen LogP contribution >= 0.6 is 0 Å². The molecule has 1 amide bonds. The first-order valence-electron chi connectivity index (χ1n) is 6.14. The predicted octanol–water partition coefficient (Wildman–Crippen LogP) is 2.48. The highest BCUT2D eigenvalue weighted by Crippen LogP contribution is 2.14. The first-order chi connectivity index (χ1) is 8.54. The Hall–Kier alpha value is -1.78. The van der Waals surface area contributed by atoms with Crippen molar-refractivity contribution in [3.63, 3.8) is 0 Å². The van der Waals surface area contributed by atoms with E-state index in [0.717, 1.165) is 19.3 Å². The molecule has 0 atom stereocenters. The highest BCUT2D eigenvalue weighted by Gasteiger charge is 2.13. The average molecular weight is 253 g/mol. The summed E-state index contributed by atoms with van der Waals surface area (Å²) in [5.41, 5.74) is 0.144. The Morgan fingerprint density at radius 3 is 2.67 bits per heavy atom. The van der Waals surface area contributed by atoms with Crippen LogP contribution in [0, 0.1) is 6.92 Å². The molecular formula is C13H19NO4. The van der Waals surface area contributed by atoms with Gasteiger partial charge in [-0.15, -0.1) is 0 Å². The van der Waals surface area contributed by atoms with Crippen LogP contribution in [0.1, 0.15) is 54.5 Å². The number of nitrogens with one attached hydrogen (secondary N) is 1. The van der Waals surface area contributed by atoms with Gasteiger partial charge in [0.1, 0.15) is 17.1 Å². The van der Waals surface area contributed by atoms with Crippen molar-refractivity contribution in [2.75, 3.05) is 0 Å². The Kier molecular flexibility index (Phi) is 5.42. The molecule has 1 aromatic rings. The summed E-state index contributed by atoms with van der Waals surface area (Å²) in [7, 11) is 0. The molecule has 0 spiro atoms. The molecular weight excluding hydrogens is 234 g/mol. The molecule has 0 bridgehead atoms. The van der Waals surface area contributed by atoms with Crippen LogP contribution in [0.25, 0.3) is 0 Å². The van der Waals surface area contributed by atoms with Crippen molar-refractivity contribution in [1.29, 1.82) is 0 Å². The summed E-state index contributed by atoms with van der Waals surface area (Å²) in [5.74, 6) is -0.224. The zero-order valence-corrected chi connectivity index (χ0v) is 10.8. The molecule has 0 radical (unpaired) electrons. The lowest BCUT2D eigenvalue weighted by molar-refractivity contribution is -0.121. The maximum atomic E-state index is 11.4. The fourth-order valence-electron chi connectivity index (χ4n) is 1.65. The first-order valence-corrected chi connectivity index (χ1v) is 6.14. The van der Waals surface area contributed by atoms with Gasteiger partial charge in [0.2, 0.25) is 5.91 Å². The molecule has 5 nitrogen and oxygen atoms in total. The zero-order valence-electron chi connectivity index (χ0n) is 10.8. The van der Waals surface area contributed by atoms with Gasteiger partial charge in [0, 0.05) is 6.42 Å².